The summed E-state index contributed by atoms with van der Waals surface area (Å²) in [4.78, 5) is 39.6. The standard InChI is InChI=1S/C22H20BrN5O4/c23-13-4-6-15-16(10-13)25-26-20(15)21(30)24-14-5-7-18-17(11-14)28(22(31)32-18)12-19(29)27-8-2-1-3-9-27/h4-7,10-11H,1-3,8-9,12H2,(H,24,30)(H,25,26). The van der Waals surface area contributed by atoms with Crippen LogP contribution in [0.5, 0.6) is 0 Å². The number of hydrogen-bond donors (Lipinski definition) is 2. The zero-order valence-electron chi connectivity index (χ0n) is 17.1. The second-order valence-corrected chi connectivity index (χ2v) is 8.71. The van der Waals surface area contributed by atoms with Gasteiger partial charge in [-0.15, -0.1) is 0 Å². The van der Waals surface area contributed by atoms with Crippen molar-refractivity contribution in [1.29, 1.82) is 0 Å². The number of aromatic amines is 1. The molecule has 1 saturated heterocycles. The van der Waals surface area contributed by atoms with Gasteiger partial charge in [0.15, 0.2) is 11.3 Å². The van der Waals surface area contributed by atoms with Crippen LogP contribution in [0.3, 0.4) is 0 Å². The Morgan fingerprint density at radius 3 is 2.75 bits per heavy atom. The van der Waals surface area contributed by atoms with Crippen LogP contribution in [0.2, 0.25) is 0 Å². The van der Waals surface area contributed by atoms with Crippen molar-refractivity contribution in [3.8, 4) is 0 Å². The highest BCUT2D eigenvalue weighted by atomic mass is 79.9. The highest BCUT2D eigenvalue weighted by molar-refractivity contribution is 9.10. The highest BCUT2D eigenvalue weighted by Crippen LogP contribution is 2.23. The van der Waals surface area contributed by atoms with Crippen LogP contribution in [-0.4, -0.2) is 44.6 Å². The van der Waals surface area contributed by atoms with Crippen molar-refractivity contribution >= 4 is 55.4 Å². The molecule has 164 valence electrons. The lowest BCUT2D eigenvalue weighted by atomic mass is 10.1. The summed E-state index contributed by atoms with van der Waals surface area (Å²) in [6, 6.07) is 10.4. The van der Waals surface area contributed by atoms with Gasteiger partial charge in [-0.25, -0.2) is 4.79 Å². The maximum absolute atomic E-state index is 12.8. The van der Waals surface area contributed by atoms with E-state index in [0.717, 1.165) is 29.3 Å². The van der Waals surface area contributed by atoms with Crippen LogP contribution in [0, 0.1) is 0 Å². The third-order valence-electron chi connectivity index (χ3n) is 5.67. The highest BCUT2D eigenvalue weighted by Gasteiger charge is 2.20. The molecule has 1 fully saturated rings. The van der Waals surface area contributed by atoms with Crippen molar-refractivity contribution in [2.45, 2.75) is 25.8 Å². The zero-order chi connectivity index (χ0) is 22.2. The van der Waals surface area contributed by atoms with E-state index in [9.17, 15) is 14.4 Å². The summed E-state index contributed by atoms with van der Waals surface area (Å²) in [5.74, 6) is -1.10. The Bertz CT molecular complexity index is 1400. The first kappa shape index (κ1) is 20.5. The van der Waals surface area contributed by atoms with Crippen LogP contribution < -0.4 is 11.1 Å². The van der Waals surface area contributed by atoms with Crippen molar-refractivity contribution in [1.82, 2.24) is 19.7 Å². The van der Waals surface area contributed by atoms with E-state index in [1.807, 2.05) is 12.1 Å². The maximum Gasteiger partial charge on any atom is 0.420 e. The van der Waals surface area contributed by atoms with Crippen LogP contribution in [0.4, 0.5) is 5.69 Å². The molecule has 9 nitrogen and oxygen atoms in total. The number of nitrogens with one attached hydrogen (secondary N) is 2. The predicted octanol–water partition coefficient (Wildman–Crippen LogP) is 3.50. The first-order valence-corrected chi connectivity index (χ1v) is 11.1. The monoisotopic (exact) mass is 497 g/mol. The molecule has 3 heterocycles. The fourth-order valence-corrected chi connectivity index (χ4v) is 4.38. The molecule has 2 amide bonds. The van der Waals surface area contributed by atoms with Crippen LogP contribution in [0.15, 0.2) is 50.1 Å². The van der Waals surface area contributed by atoms with Gasteiger partial charge in [-0.1, -0.05) is 15.9 Å². The van der Waals surface area contributed by atoms with E-state index in [1.165, 1.54) is 4.57 Å². The van der Waals surface area contributed by atoms with Crippen molar-refractivity contribution in [2.75, 3.05) is 18.4 Å². The topological polar surface area (TPSA) is 113 Å². The molecule has 1 aliphatic heterocycles. The van der Waals surface area contributed by atoms with Gasteiger partial charge in [0.25, 0.3) is 5.91 Å². The number of benzene rings is 2. The van der Waals surface area contributed by atoms with Gasteiger partial charge in [0.2, 0.25) is 5.91 Å². The summed E-state index contributed by atoms with van der Waals surface area (Å²) in [5.41, 5.74) is 2.27. The molecule has 2 aromatic heterocycles. The van der Waals surface area contributed by atoms with Crippen LogP contribution in [0.25, 0.3) is 22.0 Å². The second-order valence-electron chi connectivity index (χ2n) is 7.79. The summed E-state index contributed by atoms with van der Waals surface area (Å²) >= 11 is 3.39. The lowest BCUT2D eigenvalue weighted by Crippen LogP contribution is -2.39. The van der Waals surface area contributed by atoms with E-state index in [0.29, 0.717) is 35.3 Å². The van der Waals surface area contributed by atoms with E-state index in [1.54, 1.807) is 29.2 Å². The number of nitrogens with zero attached hydrogens (tertiary/aromatic N) is 3. The number of hydrogen-bond acceptors (Lipinski definition) is 5. The summed E-state index contributed by atoms with van der Waals surface area (Å²) in [7, 11) is 0. The zero-order valence-corrected chi connectivity index (χ0v) is 18.6. The van der Waals surface area contributed by atoms with Crippen molar-refractivity contribution in [3.63, 3.8) is 0 Å². The Labute approximate surface area is 190 Å². The molecule has 0 saturated carbocycles. The minimum atomic E-state index is -0.599. The predicted molar refractivity (Wildman–Crippen MR) is 123 cm³/mol. The molecule has 4 aromatic rings. The molecule has 10 heteroatoms. The lowest BCUT2D eigenvalue weighted by molar-refractivity contribution is -0.132. The fourth-order valence-electron chi connectivity index (χ4n) is 4.02. The molecular weight excluding hydrogens is 478 g/mol. The Balaban J connectivity index is 1.41. The molecule has 0 radical (unpaired) electrons. The van der Waals surface area contributed by atoms with Gasteiger partial charge in [-0.2, -0.15) is 5.10 Å². The molecule has 0 unspecified atom stereocenters. The van der Waals surface area contributed by atoms with Crippen molar-refractivity contribution < 1.29 is 14.0 Å². The Morgan fingerprint density at radius 1 is 1.12 bits per heavy atom. The molecule has 1 aliphatic rings. The number of piperidine rings is 1. The number of likely N-dealkylation sites (tertiary alicyclic amines) is 1. The van der Waals surface area contributed by atoms with Gasteiger partial charge >= 0.3 is 5.76 Å². The lowest BCUT2D eigenvalue weighted by Gasteiger charge is -2.26. The Hall–Kier alpha value is -3.40. The fraction of sp³-hybridized carbons (Fsp3) is 0.273. The number of H-pyrrole nitrogens is 1. The van der Waals surface area contributed by atoms with E-state index in [2.05, 4.69) is 31.4 Å². The minimum Gasteiger partial charge on any atom is -0.408 e. The largest absolute Gasteiger partial charge is 0.420 e. The number of amides is 2. The third-order valence-corrected chi connectivity index (χ3v) is 6.16. The number of halogens is 1. The van der Waals surface area contributed by atoms with Gasteiger partial charge in [-0.05, 0) is 55.7 Å². The van der Waals surface area contributed by atoms with E-state index < -0.39 is 5.76 Å². The number of carbonyl (C=O) groups is 2. The van der Waals surface area contributed by atoms with Gasteiger partial charge < -0.3 is 14.6 Å². The first-order valence-electron chi connectivity index (χ1n) is 10.4. The van der Waals surface area contributed by atoms with Crippen LogP contribution in [0.1, 0.15) is 29.8 Å². The minimum absolute atomic E-state index is 0.0951. The average Bonchev–Trinajstić information content (AvgIpc) is 3.34. The van der Waals surface area contributed by atoms with Crippen molar-refractivity contribution in [3.05, 3.63) is 57.1 Å². The number of aromatic nitrogens is 3. The van der Waals surface area contributed by atoms with Crippen LogP contribution >= 0.6 is 15.9 Å². The van der Waals surface area contributed by atoms with Crippen molar-refractivity contribution in [2.24, 2.45) is 0 Å². The Kier molecular flexibility index (Phi) is 5.30. The van der Waals surface area contributed by atoms with Gasteiger partial charge in [0.1, 0.15) is 6.54 Å². The van der Waals surface area contributed by atoms with E-state index in [4.69, 9.17) is 4.42 Å². The number of anilines is 1. The smallest absolute Gasteiger partial charge is 0.408 e. The van der Waals surface area contributed by atoms with Gasteiger partial charge in [-0.3, -0.25) is 19.3 Å². The molecule has 2 aromatic carbocycles. The van der Waals surface area contributed by atoms with E-state index in [-0.39, 0.29) is 24.1 Å². The molecule has 0 aliphatic carbocycles. The normalized spacial score (nSPS) is 14.2. The molecular formula is C22H20BrN5O4. The number of carbonyl (C=O) groups excluding carboxylic acids is 2. The molecule has 5 rings (SSSR count). The van der Waals surface area contributed by atoms with Gasteiger partial charge in [0.05, 0.1) is 11.0 Å². The summed E-state index contributed by atoms with van der Waals surface area (Å²) < 4.78 is 7.48. The Morgan fingerprint density at radius 2 is 1.94 bits per heavy atom. The summed E-state index contributed by atoms with van der Waals surface area (Å²) in [6.45, 7) is 1.32. The molecule has 32 heavy (non-hydrogen) atoms. The number of oxazole rings is 1. The van der Waals surface area contributed by atoms with E-state index >= 15 is 0 Å². The molecule has 0 atom stereocenters. The summed E-state index contributed by atoms with van der Waals surface area (Å²) in [5, 5.41) is 10.5. The first-order chi connectivity index (χ1) is 15.5. The number of rotatable bonds is 4. The molecule has 0 bridgehead atoms. The molecule has 2 N–H and O–H groups in total. The number of fused-ring (bicyclic) bond motifs is 2. The SMILES string of the molecule is O=C(Nc1ccc2oc(=O)n(CC(=O)N3CCCCC3)c2c1)c1n[nH]c2cc(Br)ccc12. The quantitative estimate of drug-likeness (QED) is 0.447. The molecule has 0 spiro atoms. The third kappa shape index (κ3) is 3.81. The van der Waals surface area contributed by atoms with Gasteiger partial charge in [0, 0.05) is 28.6 Å². The second kappa shape index (κ2) is 8.27. The summed E-state index contributed by atoms with van der Waals surface area (Å²) in [6.07, 6.45) is 3.06. The van der Waals surface area contributed by atoms with Crippen LogP contribution in [-0.2, 0) is 11.3 Å². The average molecular weight is 498 g/mol. The maximum atomic E-state index is 12.8.